The lowest BCUT2D eigenvalue weighted by Gasteiger charge is -2.17. The molecule has 0 saturated heterocycles. The number of aromatic nitrogens is 1. The van der Waals surface area contributed by atoms with Crippen molar-refractivity contribution in [2.45, 2.75) is 39.7 Å². The maximum Gasteiger partial charge on any atom is 0.357 e. The average Bonchev–Trinajstić information content (AvgIpc) is 2.65. The molecule has 0 saturated carbocycles. The Balaban J connectivity index is 2.59. The molecular formula is C11H18N2O2S. The van der Waals surface area contributed by atoms with Gasteiger partial charge in [-0.3, -0.25) is 0 Å². The number of carboxylic acids is 1. The Kier molecular flexibility index (Phi) is 4.73. The summed E-state index contributed by atoms with van der Waals surface area (Å²) in [6, 6.07) is 0.272. The molecule has 4 nitrogen and oxygen atoms in total. The Bertz CT molecular complexity index is 352. The van der Waals surface area contributed by atoms with Crippen LogP contribution in [0.5, 0.6) is 0 Å². The zero-order valence-corrected chi connectivity index (χ0v) is 10.7. The van der Waals surface area contributed by atoms with E-state index in [-0.39, 0.29) is 11.7 Å². The highest BCUT2D eigenvalue weighted by atomic mass is 32.1. The van der Waals surface area contributed by atoms with Crippen molar-refractivity contribution in [1.82, 2.24) is 4.98 Å². The lowest BCUT2D eigenvalue weighted by Crippen LogP contribution is -2.19. The molecule has 0 fully saturated rings. The van der Waals surface area contributed by atoms with Crippen molar-refractivity contribution in [3.05, 3.63) is 11.2 Å². The molecule has 1 aromatic heterocycles. The number of nitrogens with zero attached hydrogens (tertiary/aromatic N) is 1. The van der Waals surface area contributed by atoms with Gasteiger partial charge in [0.25, 0.3) is 0 Å². The fourth-order valence-electron chi connectivity index (χ4n) is 1.55. The van der Waals surface area contributed by atoms with Gasteiger partial charge in [-0.25, -0.2) is 9.78 Å². The van der Waals surface area contributed by atoms with E-state index < -0.39 is 5.97 Å². The highest BCUT2D eigenvalue weighted by molar-refractivity contribution is 7.14. The third-order valence-electron chi connectivity index (χ3n) is 2.60. The van der Waals surface area contributed by atoms with Crippen LogP contribution in [0.1, 0.15) is 44.1 Å². The molecule has 2 atom stereocenters. The molecule has 0 aliphatic heterocycles. The van der Waals surface area contributed by atoms with Gasteiger partial charge in [0.05, 0.1) is 5.51 Å². The van der Waals surface area contributed by atoms with Crippen molar-refractivity contribution in [2.24, 2.45) is 5.92 Å². The SMILES string of the molecule is CCC(C)CC(C)Nc1scnc1C(=O)O. The van der Waals surface area contributed by atoms with E-state index in [9.17, 15) is 4.79 Å². The van der Waals surface area contributed by atoms with Crippen molar-refractivity contribution in [3.63, 3.8) is 0 Å². The maximum atomic E-state index is 10.8. The van der Waals surface area contributed by atoms with Crippen molar-refractivity contribution in [2.75, 3.05) is 5.32 Å². The second-order valence-corrected chi connectivity index (χ2v) is 4.98. The van der Waals surface area contributed by atoms with Crippen LogP contribution in [-0.2, 0) is 0 Å². The number of anilines is 1. The molecule has 0 spiro atoms. The van der Waals surface area contributed by atoms with Crippen LogP contribution in [0.25, 0.3) is 0 Å². The Hall–Kier alpha value is -1.10. The normalized spacial score (nSPS) is 14.4. The van der Waals surface area contributed by atoms with Crippen LogP contribution in [0.15, 0.2) is 5.51 Å². The highest BCUT2D eigenvalue weighted by Crippen LogP contribution is 2.22. The zero-order valence-electron chi connectivity index (χ0n) is 9.86. The van der Waals surface area contributed by atoms with Crippen LogP contribution in [0, 0.1) is 5.92 Å². The minimum absolute atomic E-state index is 0.126. The number of carbonyl (C=O) groups is 1. The van der Waals surface area contributed by atoms with Gasteiger partial charge in [0.15, 0.2) is 5.69 Å². The molecule has 1 heterocycles. The number of thiazole rings is 1. The Morgan fingerprint density at radius 1 is 1.62 bits per heavy atom. The van der Waals surface area contributed by atoms with Crippen molar-refractivity contribution in [1.29, 1.82) is 0 Å². The fourth-order valence-corrected chi connectivity index (χ4v) is 2.34. The summed E-state index contributed by atoms with van der Waals surface area (Å²) in [6.07, 6.45) is 2.17. The fraction of sp³-hybridized carbons (Fsp3) is 0.636. The van der Waals surface area contributed by atoms with E-state index in [1.807, 2.05) is 0 Å². The van der Waals surface area contributed by atoms with Crippen molar-refractivity contribution < 1.29 is 9.90 Å². The smallest absolute Gasteiger partial charge is 0.357 e. The monoisotopic (exact) mass is 242 g/mol. The topological polar surface area (TPSA) is 62.2 Å². The Morgan fingerprint density at radius 3 is 2.88 bits per heavy atom. The maximum absolute atomic E-state index is 10.8. The molecule has 1 rings (SSSR count). The largest absolute Gasteiger partial charge is 0.476 e. The molecule has 2 N–H and O–H groups in total. The van der Waals surface area contributed by atoms with Gasteiger partial charge in [-0.2, -0.15) is 0 Å². The lowest BCUT2D eigenvalue weighted by molar-refractivity contribution is 0.0692. The Morgan fingerprint density at radius 2 is 2.31 bits per heavy atom. The molecule has 0 bridgehead atoms. The first-order valence-electron chi connectivity index (χ1n) is 5.47. The van der Waals surface area contributed by atoms with Gasteiger partial charge in [-0.1, -0.05) is 20.3 Å². The van der Waals surface area contributed by atoms with Crippen molar-refractivity contribution >= 4 is 22.3 Å². The number of hydrogen-bond donors (Lipinski definition) is 2. The van der Waals surface area contributed by atoms with Crippen LogP contribution >= 0.6 is 11.3 Å². The zero-order chi connectivity index (χ0) is 12.1. The van der Waals surface area contributed by atoms with Crippen molar-refractivity contribution in [3.8, 4) is 0 Å². The number of hydrogen-bond acceptors (Lipinski definition) is 4. The quantitative estimate of drug-likeness (QED) is 0.804. The van der Waals surface area contributed by atoms with Gasteiger partial charge < -0.3 is 10.4 Å². The molecule has 2 unspecified atom stereocenters. The van der Waals surface area contributed by atoms with Crippen LogP contribution in [0.2, 0.25) is 0 Å². The molecule has 16 heavy (non-hydrogen) atoms. The second-order valence-electron chi connectivity index (χ2n) is 4.13. The summed E-state index contributed by atoms with van der Waals surface area (Å²) in [5, 5.41) is 12.8. The number of rotatable bonds is 6. The van der Waals surface area contributed by atoms with Crippen LogP contribution in [-0.4, -0.2) is 22.1 Å². The number of nitrogens with one attached hydrogen (secondary N) is 1. The molecule has 0 radical (unpaired) electrons. The Labute approximate surface area is 99.7 Å². The van der Waals surface area contributed by atoms with Crippen LogP contribution < -0.4 is 5.32 Å². The lowest BCUT2D eigenvalue weighted by atomic mass is 10.0. The van der Waals surface area contributed by atoms with E-state index in [1.165, 1.54) is 11.3 Å². The van der Waals surface area contributed by atoms with E-state index in [0.29, 0.717) is 10.9 Å². The van der Waals surface area contributed by atoms with E-state index in [2.05, 4.69) is 31.1 Å². The third-order valence-corrected chi connectivity index (χ3v) is 3.36. The standard InChI is InChI=1S/C11H18N2O2S/c1-4-7(2)5-8(3)13-10-9(11(14)15)12-6-16-10/h6-8,13H,4-5H2,1-3H3,(H,14,15). The average molecular weight is 242 g/mol. The van der Waals surface area contributed by atoms with Gasteiger partial charge in [0.1, 0.15) is 5.00 Å². The molecule has 0 aromatic carbocycles. The summed E-state index contributed by atoms with van der Waals surface area (Å²) in [5.41, 5.74) is 1.68. The van der Waals surface area contributed by atoms with Gasteiger partial charge in [0.2, 0.25) is 0 Å². The summed E-state index contributed by atoms with van der Waals surface area (Å²) in [5.74, 6) is -0.330. The van der Waals surface area contributed by atoms with Crippen LogP contribution in [0.3, 0.4) is 0 Å². The first-order chi connectivity index (χ1) is 7.54. The first-order valence-corrected chi connectivity index (χ1v) is 6.35. The summed E-state index contributed by atoms with van der Waals surface area (Å²) in [4.78, 5) is 14.7. The summed E-state index contributed by atoms with van der Waals surface area (Å²) >= 11 is 1.34. The van der Waals surface area contributed by atoms with Gasteiger partial charge >= 0.3 is 5.97 Å². The molecule has 0 amide bonds. The van der Waals surface area contributed by atoms with Gasteiger partial charge in [-0.15, -0.1) is 11.3 Å². The molecule has 1 aromatic rings. The molecule has 90 valence electrons. The second kappa shape index (κ2) is 5.84. The van der Waals surface area contributed by atoms with E-state index in [4.69, 9.17) is 5.11 Å². The van der Waals surface area contributed by atoms with Crippen LogP contribution in [0.4, 0.5) is 5.00 Å². The summed E-state index contributed by atoms with van der Waals surface area (Å²) < 4.78 is 0. The molecule has 5 heteroatoms. The van der Waals surface area contributed by atoms with E-state index in [0.717, 1.165) is 12.8 Å². The number of aromatic carboxylic acids is 1. The van der Waals surface area contributed by atoms with Gasteiger partial charge in [0, 0.05) is 6.04 Å². The third kappa shape index (κ3) is 3.48. The summed E-state index contributed by atoms with van der Waals surface area (Å²) in [7, 11) is 0. The minimum atomic E-state index is -0.973. The highest BCUT2D eigenvalue weighted by Gasteiger charge is 2.15. The number of carboxylic acid groups (broad SMARTS) is 1. The molecule has 0 aliphatic carbocycles. The molecule has 0 aliphatic rings. The van der Waals surface area contributed by atoms with E-state index >= 15 is 0 Å². The predicted molar refractivity (Wildman–Crippen MR) is 66.2 cm³/mol. The first kappa shape index (κ1) is 13.0. The minimum Gasteiger partial charge on any atom is -0.476 e. The van der Waals surface area contributed by atoms with Gasteiger partial charge in [-0.05, 0) is 19.3 Å². The summed E-state index contributed by atoms with van der Waals surface area (Å²) in [6.45, 7) is 6.42. The predicted octanol–water partition coefficient (Wildman–Crippen LogP) is 3.08. The molecular weight excluding hydrogens is 224 g/mol. The van der Waals surface area contributed by atoms with E-state index in [1.54, 1.807) is 5.51 Å².